The van der Waals surface area contributed by atoms with Crippen LogP contribution in [0.25, 0.3) is 20.8 Å². The van der Waals surface area contributed by atoms with E-state index in [0.717, 1.165) is 15.2 Å². The van der Waals surface area contributed by atoms with Gasteiger partial charge in [0, 0.05) is 5.56 Å². The van der Waals surface area contributed by atoms with Gasteiger partial charge >= 0.3 is 0 Å². The first kappa shape index (κ1) is 18.3. The van der Waals surface area contributed by atoms with Crippen LogP contribution in [0, 0.1) is 0 Å². The highest BCUT2D eigenvalue weighted by molar-refractivity contribution is 7.21. The van der Waals surface area contributed by atoms with E-state index in [1.54, 1.807) is 36.4 Å². The fourth-order valence-electron chi connectivity index (χ4n) is 2.63. The van der Waals surface area contributed by atoms with E-state index >= 15 is 0 Å². The number of benzene rings is 3. The second kappa shape index (κ2) is 7.49. The molecule has 27 heavy (non-hydrogen) atoms. The highest BCUT2D eigenvalue weighted by Crippen LogP contribution is 2.39. The third-order valence-corrected chi connectivity index (χ3v) is 5.97. The summed E-state index contributed by atoms with van der Waals surface area (Å²) < 4.78 is 1.06. The maximum absolute atomic E-state index is 12.6. The normalized spacial score (nSPS) is 10.9. The molecule has 0 bridgehead atoms. The smallest absolute Gasteiger partial charge is 0.257 e. The number of aromatic nitrogens is 1. The average Bonchev–Trinajstić information content (AvgIpc) is 3.08. The van der Waals surface area contributed by atoms with Crippen LogP contribution in [0.4, 0.5) is 5.69 Å². The zero-order valence-electron chi connectivity index (χ0n) is 13.7. The first-order chi connectivity index (χ1) is 13.0. The molecule has 0 radical (unpaired) electrons. The Bertz CT molecular complexity index is 1140. The quantitative estimate of drug-likeness (QED) is 0.372. The fourth-order valence-corrected chi connectivity index (χ4v) is 4.42. The molecular weight excluding hydrogens is 423 g/mol. The van der Waals surface area contributed by atoms with E-state index in [4.69, 9.17) is 34.8 Å². The first-order valence-electron chi connectivity index (χ1n) is 7.94. The molecule has 4 rings (SSSR count). The number of hydrogen-bond acceptors (Lipinski definition) is 3. The van der Waals surface area contributed by atoms with Crippen LogP contribution < -0.4 is 5.32 Å². The van der Waals surface area contributed by atoms with Crippen molar-refractivity contribution < 1.29 is 4.79 Å². The van der Waals surface area contributed by atoms with Crippen molar-refractivity contribution in [2.75, 3.05) is 5.32 Å². The number of amides is 1. The highest BCUT2D eigenvalue weighted by atomic mass is 35.5. The van der Waals surface area contributed by atoms with Crippen LogP contribution in [0.1, 0.15) is 10.4 Å². The molecule has 0 aliphatic carbocycles. The molecular formula is C20H11Cl3N2OS. The Morgan fingerprint density at radius 2 is 1.63 bits per heavy atom. The lowest BCUT2D eigenvalue weighted by Gasteiger charge is -2.11. The zero-order valence-corrected chi connectivity index (χ0v) is 16.8. The fraction of sp³-hybridized carbons (Fsp3) is 0. The molecule has 0 aliphatic heterocycles. The lowest BCUT2D eigenvalue weighted by molar-refractivity contribution is 0.102. The molecule has 0 unspecified atom stereocenters. The van der Waals surface area contributed by atoms with E-state index in [-0.39, 0.29) is 5.91 Å². The van der Waals surface area contributed by atoms with Crippen LogP contribution in [0.2, 0.25) is 15.1 Å². The number of thiazole rings is 1. The minimum atomic E-state index is -0.347. The van der Waals surface area contributed by atoms with Crippen molar-refractivity contribution in [1.29, 1.82) is 0 Å². The first-order valence-corrected chi connectivity index (χ1v) is 9.89. The number of hydrogen-bond donors (Lipinski definition) is 1. The number of para-hydroxylation sites is 1. The van der Waals surface area contributed by atoms with Gasteiger partial charge in [-0.1, -0.05) is 59.1 Å². The van der Waals surface area contributed by atoms with E-state index in [1.165, 1.54) is 11.3 Å². The summed E-state index contributed by atoms with van der Waals surface area (Å²) >= 11 is 20.3. The van der Waals surface area contributed by atoms with Gasteiger partial charge in [-0.2, -0.15) is 0 Å². The molecule has 3 aromatic carbocycles. The van der Waals surface area contributed by atoms with Gasteiger partial charge in [0.05, 0.1) is 36.5 Å². The molecule has 0 saturated heterocycles. The molecule has 1 heterocycles. The second-order valence-electron chi connectivity index (χ2n) is 5.73. The Hall–Kier alpha value is -2.11. The molecule has 0 fully saturated rings. The minimum Gasteiger partial charge on any atom is -0.321 e. The van der Waals surface area contributed by atoms with Crippen LogP contribution >= 0.6 is 46.1 Å². The van der Waals surface area contributed by atoms with Crippen molar-refractivity contribution >= 4 is 68.0 Å². The topological polar surface area (TPSA) is 42.0 Å². The average molecular weight is 434 g/mol. The Balaban J connectivity index is 1.73. The van der Waals surface area contributed by atoms with Crippen molar-refractivity contribution in [2.24, 2.45) is 0 Å². The van der Waals surface area contributed by atoms with Crippen molar-refractivity contribution in [3.63, 3.8) is 0 Å². The third-order valence-electron chi connectivity index (χ3n) is 3.95. The van der Waals surface area contributed by atoms with Gasteiger partial charge in [-0.05, 0) is 36.4 Å². The number of anilines is 1. The molecule has 1 aromatic heterocycles. The number of fused-ring (bicyclic) bond motifs is 1. The minimum absolute atomic E-state index is 0.338. The maximum Gasteiger partial charge on any atom is 0.257 e. The summed E-state index contributed by atoms with van der Waals surface area (Å²) in [6, 6.07) is 18.0. The van der Waals surface area contributed by atoms with Gasteiger partial charge in [0.1, 0.15) is 5.01 Å². The monoisotopic (exact) mass is 432 g/mol. The molecule has 0 atom stereocenters. The molecule has 134 valence electrons. The molecule has 7 heteroatoms. The number of carbonyl (C=O) groups excluding carboxylic acids is 1. The Labute approximate surface area is 174 Å². The van der Waals surface area contributed by atoms with Crippen LogP contribution in [0.15, 0.2) is 60.7 Å². The van der Waals surface area contributed by atoms with E-state index in [0.29, 0.717) is 31.9 Å². The van der Waals surface area contributed by atoms with Gasteiger partial charge in [-0.25, -0.2) is 4.98 Å². The number of carbonyl (C=O) groups is 1. The Morgan fingerprint density at radius 3 is 2.41 bits per heavy atom. The number of nitrogens with zero attached hydrogens (tertiary/aromatic N) is 1. The van der Waals surface area contributed by atoms with Crippen molar-refractivity contribution in [3.8, 4) is 10.6 Å². The highest BCUT2D eigenvalue weighted by Gasteiger charge is 2.16. The molecule has 1 amide bonds. The van der Waals surface area contributed by atoms with Crippen molar-refractivity contribution in [3.05, 3.63) is 81.3 Å². The lowest BCUT2D eigenvalue weighted by atomic mass is 10.1. The summed E-state index contributed by atoms with van der Waals surface area (Å²) in [5.41, 5.74) is 2.41. The van der Waals surface area contributed by atoms with Gasteiger partial charge in [-0.3, -0.25) is 4.79 Å². The number of halogens is 3. The molecule has 0 saturated carbocycles. The van der Waals surface area contributed by atoms with Crippen LogP contribution in [0.3, 0.4) is 0 Å². The second-order valence-corrected chi connectivity index (χ2v) is 7.98. The van der Waals surface area contributed by atoms with Crippen molar-refractivity contribution in [1.82, 2.24) is 4.98 Å². The van der Waals surface area contributed by atoms with Gasteiger partial charge in [0.2, 0.25) is 0 Å². The number of nitrogens with one attached hydrogen (secondary N) is 1. The summed E-state index contributed by atoms with van der Waals surface area (Å²) in [5, 5.41) is 4.73. The van der Waals surface area contributed by atoms with Crippen molar-refractivity contribution in [2.45, 2.75) is 0 Å². The van der Waals surface area contributed by atoms with Crippen LogP contribution in [-0.2, 0) is 0 Å². The summed E-state index contributed by atoms with van der Waals surface area (Å²) in [6.45, 7) is 0. The lowest BCUT2D eigenvalue weighted by Crippen LogP contribution is -2.12. The summed E-state index contributed by atoms with van der Waals surface area (Å²) in [5.74, 6) is -0.347. The molecule has 3 nitrogen and oxygen atoms in total. The van der Waals surface area contributed by atoms with Crippen LogP contribution in [-0.4, -0.2) is 10.9 Å². The van der Waals surface area contributed by atoms with E-state index in [1.807, 2.05) is 24.3 Å². The molecule has 1 N–H and O–H groups in total. The molecule has 0 aliphatic rings. The maximum atomic E-state index is 12.6. The van der Waals surface area contributed by atoms with Gasteiger partial charge in [-0.15, -0.1) is 11.3 Å². The Kier molecular flexibility index (Phi) is 5.06. The summed E-state index contributed by atoms with van der Waals surface area (Å²) in [7, 11) is 0. The Morgan fingerprint density at radius 1 is 0.889 bits per heavy atom. The third kappa shape index (κ3) is 3.66. The SMILES string of the molecule is O=C(Nc1cc(-c2nc3ccccc3s2)c(Cl)cc1Cl)c1ccccc1Cl. The van der Waals surface area contributed by atoms with E-state index in [9.17, 15) is 4.79 Å². The van der Waals surface area contributed by atoms with E-state index in [2.05, 4.69) is 10.3 Å². The predicted octanol–water partition coefficient (Wildman–Crippen LogP) is 7.18. The standard InChI is InChI=1S/C20H11Cl3N2OS/c21-13-6-2-1-5-11(13)19(26)24-17-9-12(14(22)10-15(17)23)20-25-16-7-3-4-8-18(16)27-20/h1-10H,(H,24,26). The van der Waals surface area contributed by atoms with Gasteiger partial charge in [0.15, 0.2) is 0 Å². The van der Waals surface area contributed by atoms with Crippen LogP contribution in [0.5, 0.6) is 0 Å². The van der Waals surface area contributed by atoms with Gasteiger partial charge in [0.25, 0.3) is 5.91 Å². The van der Waals surface area contributed by atoms with E-state index < -0.39 is 0 Å². The molecule has 4 aromatic rings. The largest absolute Gasteiger partial charge is 0.321 e. The zero-order chi connectivity index (χ0) is 19.0. The summed E-state index contributed by atoms with van der Waals surface area (Å²) in [4.78, 5) is 17.2. The summed E-state index contributed by atoms with van der Waals surface area (Å²) in [6.07, 6.45) is 0. The predicted molar refractivity (Wildman–Crippen MR) is 114 cm³/mol. The molecule has 0 spiro atoms. The number of rotatable bonds is 3. The van der Waals surface area contributed by atoms with Gasteiger partial charge < -0.3 is 5.32 Å².